The predicted octanol–water partition coefficient (Wildman–Crippen LogP) is 1.76. The van der Waals surface area contributed by atoms with Crippen molar-refractivity contribution in [2.75, 3.05) is 6.54 Å². The highest BCUT2D eigenvalue weighted by Gasteiger charge is 2.13. The summed E-state index contributed by atoms with van der Waals surface area (Å²) in [6.45, 7) is -0.462. The molecule has 1 rings (SSSR count). The lowest BCUT2D eigenvalue weighted by Crippen LogP contribution is -2.11. The highest BCUT2D eigenvalue weighted by atomic mass is 79.9. The number of nitrogens with zero attached hydrogens (tertiary/aromatic N) is 1. The third-order valence-corrected chi connectivity index (χ3v) is 2.05. The van der Waals surface area contributed by atoms with Crippen molar-refractivity contribution in [3.05, 3.63) is 44.4 Å². The molecule has 0 fully saturated rings. The van der Waals surface area contributed by atoms with E-state index in [1.165, 1.54) is 0 Å². The topological polar surface area (TPSA) is 63.4 Å². The molecule has 0 aromatic heterocycles. The number of aliphatic hydroxyl groups excluding tert-OH is 1. The lowest BCUT2D eigenvalue weighted by Gasteiger charge is -2.05. The Morgan fingerprint density at radius 2 is 2.31 bits per heavy atom. The maximum Gasteiger partial charge on any atom is 0.233 e. The second-order valence-electron chi connectivity index (χ2n) is 2.59. The molecular formula is C8H8BrNO3. The lowest BCUT2D eigenvalue weighted by atomic mass is 10.1. The van der Waals surface area contributed by atoms with Gasteiger partial charge in [0, 0.05) is 9.40 Å². The molecule has 0 saturated carbocycles. The van der Waals surface area contributed by atoms with Crippen LogP contribution in [0.15, 0.2) is 28.7 Å². The fourth-order valence-electron chi connectivity index (χ4n) is 0.960. The summed E-state index contributed by atoms with van der Waals surface area (Å²) in [5.74, 6) is 0. The van der Waals surface area contributed by atoms with E-state index in [0.29, 0.717) is 5.56 Å². The van der Waals surface area contributed by atoms with E-state index in [0.717, 1.165) is 4.47 Å². The van der Waals surface area contributed by atoms with Crippen LogP contribution >= 0.6 is 15.9 Å². The summed E-state index contributed by atoms with van der Waals surface area (Å²) in [5, 5.41) is 19.5. The van der Waals surface area contributed by atoms with Gasteiger partial charge in [-0.25, -0.2) is 0 Å². The molecule has 4 nitrogen and oxygen atoms in total. The Morgan fingerprint density at radius 1 is 1.62 bits per heavy atom. The minimum atomic E-state index is -1.03. The molecule has 0 bridgehead atoms. The van der Waals surface area contributed by atoms with Gasteiger partial charge >= 0.3 is 0 Å². The van der Waals surface area contributed by atoms with Gasteiger partial charge in [0.2, 0.25) is 6.54 Å². The Kier molecular flexibility index (Phi) is 3.39. The summed E-state index contributed by atoms with van der Waals surface area (Å²) >= 11 is 3.22. The van der Waals surface area contributed by atoms with Gasteiger partial charge in [-0.3, -0.25) is 10.1 Å². The van der Waals surface area contributed by atoms with Gasteiger partial charge in [-0.05, 0) is 17.7 Å². The van der Waals surface area contributed by atoms with Crippen molar-refractivity contribution in [1.29, 1.82) is 0 Å². The Balaban J connectivity index is 2.76. The average Bonchev–Trinajstić information content (AvgIpc) is 2.03. The van der Waals surface area contributed by atoms with Gasteiger partial charge in [0.05, 0.1) is 0 Å². The first-order chi connectivity index (χ1) is 6.09. The molecule has 0 aliphatic heterocycles. The number of aliphatic hydroxyl groups is 1. The predicted molar refractivity (Wildman–Crippen MR) is 51.0 cm³/mol. The fraction of sp³-hybridized carbons (Fsp3) is 0.250. The van der Waals surface area contributed by atoms with Crippen LogP contribution < -0.4 is 0 Å². The zero-order valence-electron chi connectivity index (χ0n) is 6.68. The largest absolute Gasteiger partial charge is 0.382 e. The number of hydrogen-bond acceptors (Lipinski definition) is 3. The van der Waals surface area contributed by atoms with Crippen LogP contribution in [-0.4, -0.2) is 16.6 Å². The third-order valence-electron chi connectivity index (χ3n) is 1.56. The molecule has 0 radical (unpaired) electrons. The maximum atomic E-state index is 10.1. The maximum absolute atomic E-state index is 10.1. The first-order valence-electron chi connectivity index (χ1n) is 3.65. The van der Waals surface area contributed by atoms with E-state index in [1.807, 2.05) is 0 Å². The van der Waals surface area contributed by atoms with Crippen LogP contribution in [0.4, 0.5) is 0 Å². The van der Waals surface area contributed by atoms with Gasteiger partial charge in [-0.2, -0.15) is 0 Å². The molecule has 1 aromatic rings. The highest BCUT2D eigenvalue weighted by Crippen LogP contribution is 2.17. The monoisotopic (exact) mass is 245 g/mol. The van der Waals surface area contributed by atoms with E-state index in [9.17, 15) is 15.2 Å². The van der Waals surface area contributed by atoms with E-state index in [-0.39, 0.29) is 0 Å². The van der Waals surface area contributed by atoms with Crippen molar-refractivity contribution >= 4 is 15.9 Å². The molecule has 13 heavy (non-hydrogen) atoms. The Hall–Kier alpha value is -0.940. The molecule has 1 aromatic carbocycles. The van der Waals surface area contributed by atoms with Crippen LogP contribution in [0.1, 0.15) is 11.7 Å². The van der Waals surface area contributed by atoms with Crippen molar-refractivity contribution in [3.8, 4) is 0 Å². The van der Waals surface area contributed by atoms with Gasteiger partial charge < -0.3 is 5.11 Å². The molecule has 5 heteroatoms. The van der Waals surface area contributed by atoms with Crippen LogP contribution in [0, 0.1) is 10.1 Å². The van der Waals surface area contributed by atoms with E-state index in [4.69, 9.17) is 0 Å². The molecule has 0 spiro atoms. The summed E-state index contributed by atoms with van der Waals surface area (Å²) in [6.07, 6.45) is -1.03. The number of nitro groups is 1. The van der Waals surface area contributed by atoms with E-state index in [2.05, 4.69) is 15.9 Å². The smallest absolute Gasteiger partial charge is 0.233 e. The SMILES string of the molecule is O=[N+]([O-])C[C@H](O)c1cccc(Br)c1. The lowest BCUT2D eigenvalue weighted by molar-refractivity contribution is -0.491. The van der Waals surface area contributed by atoms with Crippen molar-refractivity contribution in [1.82, 2.24) is 0 Å². The third kappa shape index (κ3) is 3.12. The Labute approximate surface area is 83.5 Å². The van der Waals surface area contributed by atoms with Gasteiger partial charge in [0.15, 0.2) is 0 Å². The number of halogens is 1. The second-order valence-corrected chi connectivity index (χ2v) is 3.50. The summed E-state index contributed by atoms with van der Waals surface area (Å²) < 4.78 is 0.799. The molecule has 1 N–H and O–H groups in total. The van der Waals surface area contributed by atoms with Gasteiger partial charge in [0.25, 0.3) is 0 Å². The van der Waals surface area contributed by atoms with E-state index >= 15 is 0 Å². The van der Waals surface area contributed by atoms with Crippen molar-refractivity contribution < 1.29 is 10.0 Å². The summed E-state index contributed by atoms with van der Waals surface area (Å²) in [4.78, 5) is 9.57. The van der Waals surface area contributed by atoms with Crippen molar-refractivity contribution in [2.24, 2.45) is 0 Å². The standard InChI is InChI=1S/C8H8BrNO3/c9-7-3-1-2-6(4-7)8(11)5-10(12)13/h1-4,8,11H,5H2/t8-/m0/s1. The summed E-state index contributed by atoms with van der Waals surface area (Å²) in [6, 6.07) is 6.83. The number of benzene rings is 1. The Bertz CT molecular complexity index is 316. The quantitative estimate of drug-likeness (QED) is 0.652. The molecule has 0 aliphatic carbocycles. The molecule has 0 amide bonds. The zero-order valence-corrected chi connectivity index (χ0v) is 8.27. The van der Waals surface area contributed by atoms with Crippen LogP contribution in [-0.2, 0) is 0 Å². The molecule has 70 valence electrons. The molecular weight excluding hydrogens is 238 g/mol. The van der Waals surface area contributed by atoms with E-state index < -0.39 is 17.6 Å². The first-order valence-corrected chi connectivity index (χ1v) is 4.44. The highest BCUT2D eigenvalue weighted by molar-refractivity contribution is 9.10. The number of hydrogen-bond donors (Lipinski definition) is 1. The van der Waals surface area contributed by atoms with Crippen LogP contribution in [0.3, 0.4) is 0 Å². The normalized spacial score (nSPS) is 12.5. The van der Waals surface area contributed by atoms with Crippen molar-refractivity contribution in [3.63, 3.8) is 0 Å². The average molecular weight is 246 g/mol. The summed E-state index contributed by atoms with van der Waals surface area (Å²) in [5.41, 5.74) is 0.547. The molecule has 1 atom stereocenters. The minimum Gasteiger partial charge on any atom is -0.382 e. The molecule has 0 unspecified atom stereocenters. The number of rotatable bonds is 3. The second kappa shape index (κ2) is 4.34. The summed E-state index contributed by atoms with van der Waals surface area (Å²) in [7, 11) is 0. The first kappa shape index (κ1) is 10.1. The minimum absolute atomic E-state index is 0.462. The fourth-order valence-corrected chi connectivity index (χ4v) is 1.38. The van der Waals surface area contributed by atoms with Crippen molar-refractivity contribution in [2.45, 2.75) is 6.10 Å². The molecule has 0 heterocycles. The van der Waals surface area contributed by atoms with Crippen LogP contribution in [0.5, 0.6) is 0 Å². The molecule has 0 saturated heterocycles. The van der Waals surface area contributed by atoms with Crippen LogP contribution in [0.25, 0.3) is 0 Å². The zero-order chi connectivity index (χ0) is 9.84. The van der Waals surface area contributed by atoms with Gasteiger partial charge in [-0.15, -0.1) is 0 Å². The Morgan fingerprint density at radius 3 is 2.85 bits per heavy atom. The van der Waals surface area contributed by atoms with Crippen LogP contribution in [0.2, 0.25) is 0 Å². The molecule has 0 aliphatic rings. The van der Waals surface area contributed by atoms with E-state index in [1.54, 1.807) is 24.3 Å². The van der Waals surface area contributed by atoms with Gasteiger partial charge in [-0.1, -0.05) is 28.1 Å². The van der Waals surface area contributed by atoms with Gasteiger partial charge in [0.1, 0.15) is 6.10 Å².